The zero-order valence-corrected chi connectivity index (χ0v) is 10.5. The maximum absolute atomic E-state index is 4.29. The van der Waals surface area contributed by atoms with E-state index in [1.54, 1.807) is 11.3 Å². The summed E-state index contributed by atoms with van der Waals surface area (Å²) in [5.74, 6) is 0. The molecule has 0 radical (unpaired) electrons. The van der Waals surface area contributed by atoms with Crippen LogP contribution in [0.2, 0.25) is 0 Å². The Labute approximate surface area is 98.0 Å². The van der Waals surface area contributed by atoms with E-state index in [1.807, 2.05) is 22.9 Å². The maximum atomic E-state index is 4.29. The van der Waals surface area contributed by atoms with Crippen molar-refractivity contribution < 1.29 is 0 Å². The predicted octanol–water partition coefficient (Wildman–Crippen LogP) is 3.36. The van der Waals surface area contributed by atoms with Crippen LogP contribution in [0.25, 0.3) is 0 Å². The number of nitrogens with zero attached hydrogens (tertiary/aromatic N) is 1. The fourth-order valence-corrected chi connectivity index (χ4v) is 2.88. The summed E-state index contributed by atoms with van der Waals surface area (Å²) < 4.78 is 0. The predicted molar refractivity (Wildman–Crippen MR) is 66.4 cm³/mol. The second-order valence-corrected chi connectivity index (χ2v) is 5.78. The minimum atomic E-state index is 0.340. The summed E-state index contributed by atoms with van der Waals surface area (Å²) in [6, 6.07) is 4.68. The second kappa shape index (κ2) is 4.88. The monoisotopic (exact) mass is 238 g/mol. The first-order chi connectivity index (χ1) is 7.25. The van der Waals surface area contributed by atoms with E-state index < -0.39 is 0 Å². The minimum Gasteiger partial charge on any atom is -0.303 e. The van der Waals surface area contributed by atoms with Crippen LogP contribution in [0.15, 0.2) is 23.7 Å². The van der Waals surface area contributed by atoms with Crippen molar-refractivity contribution in [3.05, 3.63) is 38.5 Å². The van der Waals surface area contributed by atoms with Crippen molar-refractivity contribution in [2.45, 2.75) is 26.4 Å². The fraction of sp³-hybridized carbons (Fsp3) is 0.364. The molecule has 0 aliphatic heterocycles. The topological polar surface area (TPSA) is 24.9 Å². The van der Waals surface area contributed by atoms with E-state index >= 15 is 0 Å². The average Bonchev–Trinajstić information content (AvgIpc) is 2.84. The van der Waals surface area contributed by atoms with Gasteiger partial charge in [0.25, 0.3) is 0 Å². The summed E-state index contributed by atoms with van der Waals surface area (Å²) in [5.41, 5.74) is 0. The summed E-state index contributed by atoms with van der Waals surface area (Å²) in [7, 11) is 0. The molecule has 2 heterocycles. The zero-order chi connectivity index (χ0) is 10.7. The Bertz CT molecular complexity index is 406. The molecule has 1 N–H and O–H groups in total. The van der Waals surface area contributed by atoms with E-state index in [1.165, 1.54) is 9.75 Å². The van der Waals surface area contributed by atoms with Crippen molar-refractivity contribution in [2.24, 2.45) is 0 Å². The molecule has 2 aromatic rings. The van der Waals surface area contributed by atoms with Crippen LogP contribution in [-0.4, -0.2) is 4.98 Å². The molecule has 0 saturated heterocycles. The van der Waals surface area contributed by atoms with Crippen LogP contribution in [0, 0.1) is 6.92 Å². The van der Waals surface area contributed by atoms with Gasteiger partial charge in [-0.1, -0.05) is 0 Å². The first kappa shape index (κ1) is 10.8. The first-order valence-electron chi connectivity index (χ1n) is 4.94. The molecule has 1 unspecified atom stereocenters. The van der Waals surface area contributed by atoms with Gasteiger partial charge in [0.15, 0.2) is 0 Å². The number of nitrogens with one attached hydrogen (secondary N) is 1. The van der Waals surface area contributed by atoms with Gasteiger partial charge in [0.1, 0.15) is 5.01 Å². The average molecular weight is 238 g/mol. The van der Waals surface area contributed by atoms with Crippen molar-refractivity contribution in [1.29, 1.82) is 0 Å². The van der Waals surface area contributed by atoms with Crippen LogP contribution in [0.1, 0.15) is 27.7 Å². The number of rotatable bonds is 4. The molecular weight excluding hydrogens is 224 g/mol. The number of hydrogen-bond acceptors (Lipinski definition) is 4. The number of hydrogen-bond donors (Lipinski definition) is 1. The molecule has 0 fully saturated rings. The van der Waals surface area contributed by atoms with Gasteiger partial charge in [-0.25, -0.2) is 4.98 Å². The molecule has 0 spiro atoms. The summed E-state index contributed by atoms with van der Waals surface area (Å²) in [5, 5.41) is 6.65. The van der Waals surface area contributed by atoms with E-state index in [4.69, 9.17) is 0 Å². The zero-order valence-electron chi connectivity index (χ0n) is 8.86. The molecule has 0 aliphatic carbocycles. The van der Waals surface area contributed by atoms with Crippen LogP contribution in [0.4, 0.5) is 0 Å². The first-order valence-corrected chi connectivity index (χ1v) is 6.63. The van der Waals surface area contributed by atoms with Crippen LogP contribution >= 0.6 is 22.7 Å². The maximum Gasteiger partial charge on any atom is 0.109 e. The van der Waals surface area contributed by atoms with Gasteiger partial charge in [-0.15, -0.1) is 22.7 Å². The van der Waals surface area contributed by atoms with Crippen molar-refractivity contribution in [1.82, 2.24) is 10.3 Å². The molecule has 0 amide bonds. The quantitative estimate of drug-likeness (QED) is 0.883. The van der Waals surface area contributed by atoms with Crippen LogP contribution in [-0.2, 0) is 6.54 Å². The van der Waals surface area contributed by atoms with E-state index in [-0.39, 0.29) is 0 Å². The Morgan fingerprint density at radius 1 is 1.47 bits per heavy atom. The molecule has 15 heavy (non-hydrogen) atoms. The highest BCUT2D eigenvalue weighted by molar-refractivity contribution is 7.11. The Hall–Kier alpha value is -0.710. The molecule has 2 nitrogen and oxygen atoms in total. The molecule has 0 aromatic carbocycles. The fourth-order valence-electron chi connectivity index (χ4n) is 1.37. The summed E-state index contributed by atoms with van der Waals surface area (Å²) in [6.07, 6.45) is 1.85. The van der Waals surface area contributed by atoms with Gasteiger partial charge in [-0.2, -0.15) is 0 Å². The smallest absolute Gasteiger partial charge is 0.109 e. The van der Waals surface area contributed by atoms with Gasteiger partial charge in [-0.05, 0) is 26.0 Å². The standard InChI is InChI=1S/C11H14N2S2/c1-8-3-4-10(15-8)7-13-9(2)11-12-5-6-14-11/h3-6,9,13H,7H2,1-2H3. The molecule has 0 saturated carbocycles. The lowest BCUT2D eigenvalue weighted by molar-refractivity contribution is 0.576. The Kier molecular flexibility index (Phi) is 3.51. The molecule has 1 atom stereocenters. The van der Waals surface area contributed by atoms with Gasteiger partial charge < -0.3 is 5.32 Å². The normalized spacial score (nSPS) is 12.9. The third kappa shape index (κ3) is 2.87. The lowest BCUT2D eigenvalue weighted by Crippen LogP contribution is -2.17. The van der Waals surface area contributed by atoms with E-state index in [9.17, 15) is 0 Å². The lowest BCUT2D eigenvalue weighted by Gasteiger charge is -2.09. The molecular formula is C11H14N2S2. The van der Waals surface area contributed by atoms with Crippen molar-refractivity contribution in [3.8, 4) is 0 Å². The third-order valence-electron chi connectivity index (χ3n) is 2.20. The Morgan fingerprint density at radius 3 is 2.93 bits per heavy atom. The second-order valence-electron chi connectivity index (χ2n) is 3.49. The van der Waals surface area contributed by atoms with Crippen molar-refractivity contribution in [3.63, 3.8) is 0 Å². The highest BCUT2D eigenvalue weighted by Gasteiger charge is 2.07. The molecule has 0 aliphatic rings. The molecule has 80 valence electrons. The number of aryl methyl sites for hydroxylation is 1. The Morgan fingerprint density at radius 2 is 2.33 bits per heavy atom. The van der Waals surface area contributed by atoms with Crippen LogP contribution in [0.5, 0.6) is 0 Å². The third-order valence-corrected chi connectivity index (χ3v) is 4.16. The van der Waals surface area contributed by atoms with E-state index in [2.05, 4.69) is 36.3 Å². The highest BCUT2D eigenvalue weighted by atomic mass is 32.1. The van der Waals surface area contributed by atoms with Gasteiger partial charge in [0, 0.05) is 27.9 Å². The summed E-state index contributed by atoms with van der Waals surface area (Å²) in [4.78, 5) is 7.05. The van der Waals surface area contributed by atoms with E-state index in [0.29, 0.717) is 6.04 Å². The lowest BCUT2D eigenvalue weighted by atomic mass is 10.3. The van der Waals surface area contributed by atoms with Crippen molar-refractivity contribution in [2.75, 3.05) is 0 Å². The number of aromatic nitrogens is 1. The van der Waals surface area contributed by atoms with Gasteiger partial charge in [-0.3, -0.25) is 0 Å². The van der Waals surface area contributed by atoms with Crippen LogP contribution in [0.3, 0.4) is 0 Å². The molecule has 0 bridgehead atoms. The number of thiophene rings is 1. The minimum absolute atomic E-state index is 0.340. The molecule has 2 rings (SSSR count). The molecule has 4 heteroatoms. The van der Waals surface area contributed by atoms with E-state index in [0.717, 1.165) is 11.6 Å². The Balaban J connectivity index is 1.88. The van der Waals surface area contributed by atoms with Crippen molar-refractivity contribution >= 4 is 22.7 Å². The SMILES string of the molecule is Cc1ccc(CNC(C)c2nccs2)s1. The summed E-state index contributed by atoms with van der Waals surface area (Å²) >= 11 is 3.55. The van der Waals surface area contributed by atoms with Crippen LogP contribution < -0.4 is 5.32 Å². The largest absolute Gasteiger partial charge is 0.303 e. The summed E-state index contributed by atoms with van der Waals surface area (Å²) in [6.45, 7) is 5.22. The molecule has 2 aromatic heterocycles. The highest BCUT2D eigenvalue weighted by Crippen LogP contribution is 2.18. The van der Waals surface area contributed by atoms with Gasteiger partial charge >= 0.3 is 0 Å². The van der Waals surface area contributed by atoms with Gasteiger partial charge in [0.2, 0.25) is 0 Å². The number of thiazole rings is 1. The van der Waals surface area contributed by atoms with Gasteiger partial charge in [0.05, 0.1) is 6.04 Å².